The normalized spacial score (nSPS) is 19.1. The molecule has 27 heteroatoms. The summed E-state index contributed by atoms with van der Waals surface area (Å²) in [4.78, 5) is 66.4. The summed E-state index contributed by atoms with van der Waals surface area (Å²) in [5, 5.41) is 69.0. The van der Waals surface area contributed by atoms with E-state index < -0.39 is 85.7 Å². The van der Waals surface area contributed by atoms with Gasteiger partial charge >= 0.3 is 41.5 Å². The van der Waals surface area contributed by atoms with Crippen LogP contribution in [-0.4, -0.2) is 152 Å². The first-order valence-corrected chi connectivity index (χ1v) is 21.6. The van der Waals surface area contributed by atoms with Gasteiger partial charge in [-0.05, 0) is 42.8 Å². The SMILES string of the molecule is CC1=NC2=CN(CS(=O)(=O)c3ccc(O)c(O)c3)NN2C(SCC2=C(C(=O)O)N3C(=O)[C@@H](NC(=O)C(=NO[C@H](C(=O)O)c4ccc(O)c(O)c4)c4csc(N)n4)[C@H]3SC2)=C1.[NaH]. The van der Waals surface area contributed by atoms with Crippen LogP contribution in [0.3, 0.4) is 0 Å². The number of β-lactam (4-membered cyclic amide) rings is 1. The van der Waals surface area contributed by atoms with Gasteiger partial charge < -0.3 is 46.5 Å². The molecule has 2 amide bonds. The number of thioether (sulfide) groups is 2. The maximum absolute atomic E-state index is 13.6. The summed E-state index contributed by atoms with van der Waals surface area (Å²) in [5.41, 5.74) is 8.50. The molecule has 2 aromatic carbocycles. The molecule has 316 valence electrons. The van der Waals surface area contributed by atoms with Gasteiger partial charge in [0.25, 0.3) is 11.8 Å². The maximum atomic E-state index is 13.6. The van der Waals surface area contributed by atoms with Crippen LogP contribution in [0.2, 0.25) is 0 Å². The Morgan fingerprint density at radius 2 is 1.80 bits per heavy atom. The Kier molecular flexibility index (Phi) is 13.2. The van der Waals surface area contributed by atoms with Crippen molar-refractivity contribution in [2.24, 2.45) is 10.1 Å². The van der Waals surface area contributed by atoms with E-state index in [1.165, 1.54) is 45.1 Å². The second-order valence-electron chi connectivity index (χ2n) is 13.0. The molecule has 0 bridgehead atoms. The molecule has 3 aromatic rings. The predicted molar refractivity (Wildman–Crippen MR) is 222 cm³/mol. The van der Waals surface area contributed by atoms with E-state index >= 15 is 0 Å². The summed E-state index contributed by atoms with van der Waals surface area (Å²) in [6.45, 7) is 1.71. The number of rotatable bonds is 14. The number of nitrogens with zero attached hydrogens (tertiary/aromatic N) is 6. The number of aromatic nitrogens is 1. The Hall–Kier alpha value is -5.48. The Balaban J connectivity index is 0.00000622. The molecule has 4 aliphatic heterocycles. The van der Waals surface area contributed by atoms with E-state index in [0.29, 0.717) is 22.1 Å². The second-order valence-corrected chi connectivity index (χ2v) is 18.0. The van der Waals surface area contributed by atoms with Crippen molar-refractivity contribution in [2.45, 2.75) is 29.3 Å². The third kappa shape index (κ3) is 9.25. The molecule has 7 rings (SSSR count). The van der Waals surface area contributed by atoms with Crippen molar-refractivity contribution in [3.05, 3.63) is 87.4 Å². The van der Waals surface area contributed by atoms with Crippen molar-refractivity contribution in [1.82, 2.24) is 30.8 Å². The summed E-state index contributed by atoms with van der Waals surface area (Å²) in [5.74, 6) is -7.03. The van der Waals surface area contributed by atoms with Gasteiger partial charge in [-0.3, -0.25) is 19.5 Å². The number of amides is 2. The molecule has 0 radical (unpaired) electrons. The molecule has 0 spiro atoms. The molecular formula is C34H32N9NaO13S4. The fourth-order valence-electron chi connectivity index (χ4n) is 6.05. The summed E-state index contributed by atoms with van der Waals surface area (Å²) < 4.78 is 26.2. The zero-order valence-electron chi connectivity index (χ0n) is 30.5. The molecule has 1 saturated heterocycles. The molecule has 0 saturated carbocycles. The van der Waals surface area contributed by atoms with Crippen LogP contribution in [0.4, 0.5) is 5.13 Å². The topological polar surface area (TPSA) is 330 Å². The molecule has 5 heterocycles. The number of sulfone groups is 1. The van der Waals surface area contributed by atoms with E-state index in [2.05, 4.69) is 26.0 Å². The van der Waals surface area contributed by atoms with Crippen LogP contribution in [0.25, 0.3) is 0 Å². The zero-order chi connectivity index (χ0) is 43.2. The van der Waals surface area contributed by atoms with Gasteiger partial charge in [0.15, 0.2) is 49.5 Å². The van der Waals surface area contributed by atoms with Crippen LogP contribution in [0.15, 0.2) is 91.2 Å². The Morgan fingerprint density at radius 3 is 2.44 bits per heavy atom. The summed E-state index contributed by atoms with van der Waals surface area (Å²) >= 11 is 3.30. The monoisotopic (exact) mass is 925 g/mol. The number of nitrogen functional groups attached to an aromatic ring is 1. The van der Waals surface area contributed by atoms with E-state index in [4.69, 9.17) is 10.6 Å². The number of aromatic hydroxyl groups is 4. The van der Waals surface area contributed by atoms with Crippen molar-refractivity contribution in [3.63, 3.8) is 0 Å². The van der Waals surface area contributed by atoms with Gasteiger partial charge in [-0.25, -0.2) is 33.0 Å². The number of phenolic OH excluding ortho intramolecular Hbond substituents is 4. The minimum absolute atomic E-state index is 0. The van der Waals surface area contributed by atoms with E-state index in [-0.39, 0.29) is 68.0 Å². The molecule has 22 nitrogen and oxygen atoms in total. The number of hydrogen-bond donors (Lipinski definition) is 9. The quantitative estimate of drug-likeness (QED) is 0.0349. The number of thiazole rings is 1. The van der Waals surface area contributed by atoms with Crippen molar-refractivity contribution >= 4 is 115 Å². The second kappa shape index (κ2) is 17.9. The van der Waals surface area contributed by atoms with Gasteiger partial charge in [0.1, 0.15) is 28.7 Å². The van der Waals surface area contributed by atoms with Crippen LogP contribution < -0.4 is 16.6 Å². The molecule has 0 aliphatic carbocycles. The molecule has 1 aromatic heterocycles. The number of carboxylic acids is 2. The van der Waals surface area contributed by atoms with Gasteiger partial charge in [-0.15, -0.1) is 40.4 Å². The van der Waals surface area contributed by atoms with Crippen LogP contribution in [0.5, 0.6) is 23.0 Å². The Morgan fingerprint density at radius 1 is 1.10 bits per heavy atom. The van der Waals surface area contributed by atoms with Crippen molar-refractivity contribution in [2.75, 3.05) is 23.1 Å². The van der Waals surface area contributed by atoms with Crippen molar-refractivity contribution in [1.29, 1.82) is 0 Å². The average Bonchev–Trinajstić information content (AvgIpc) is 3.80. The fourth-order valence-corrected chi connectivity index (χ4v) is 10.4. The average molecular weight is 926 g/mol. The number of benzene rings is 2. The number of nitrogens with two attached hydrogens (primary N) is 1. The first-order chi connectivity index (χ1) is 28.4. The fraction of sp³-hybridized carbons (Fsp3) is 0.206. The predicted octanol–water partition coefficient (Wildman–Crippen LogP) is 0.501. The number of carbonyl (C=O) groups excluding carboxylic acids is 2. The number of hydrogen-bond acceptors (Lipinski definition) is 21. The van der Waals surface area contributed by atoms with Gasteiger partial charge in [0.05, 0.1) is 16.1 Å². The number of oxime groups is 1. The number of aliphatic imine (C=N–C) groups is 1. The molecule has 1 fully saturated rings. The van der Waals surface area contributed by atoms with Crippen LogP contribution >= 0.6 is 34.9 Å². The van der Waals surface area contributed by atoms with Crippen LogP contribution in [0.1, 0.15) is 24.3 Å². The zero-order valence-corrected chi connectivity index (χ0v) is 33.8. The van der Waals surface area contributed by atoms with E-state index in [0.717, 1.165) is 52.6 Å². The number of allylic oxidation sites excluding steroid dienone is 1. The van der Waals surface area contributed by atoms with Gasteiger partial charge in [0, 0.05) is 34.2 Å². The molecule has 10 N–H and O–H groups in total. The minimum atomic E-state index is -4.02. The number of nitrogens with one attached hydrogen (secondary N) is 2. The molecule has 3 atom stereocenters. The third-order valence-electron chi connectivity index (χ3n) is 8.87. The molecular weight excluding hydrogens is 894 g/mol. The number of phenols is 4. The number of aliphatic carboxylic acids is 2. The van der Waals surface area contributed by atoms with Gasteiger partial charge in [0.2, 0.25) is 6.10 Å². The summed E-state index contributed by atoms with van der Waals surface area (Å²) in [7, 11) is -4.02. The van der Waals surface area contributed by atoms with E-state index in [9.17, 15) is 58.2 Å². The van der Waals surface area contributed by atoms with Crippen LogP contribution in [-0.2, 0) is 33.9 Å². The number of anilines is 1. The van der Waals surface area contributed by atoms with Crippen molar-refractivity contribution in [3.8, 4) is 23.0 Å². The number of fused-ring (bicyclic) bond motifs is 2. The summed E-state index contributed by atoms with van der Waals surface area (Å²) in [6.07, 6.45) is 1.27. The Labute approximate surface area is 378 Å². The number of hydrazine groups is 2. The molecule has 0 unspecified atom stereocenters. The van der Waals surface area contributed by atoms with E-state index in [1.807, 2.05) is 0 Å². The first-order valence-electron chi connectivity index (χ1n) is 17.0. The van der Waals surface area contributed by atoms with Gasteiger partial charge in [-0.1, -0.05) is 11.2 Å². The molecule has 4 aliphatic rings. The van der Waals surface area contributed by atoms with Crippen molar-refractivity contribution < 1.29 is 63.1 Å². The summed E-state index contributed by atoms with van der Waals surface area (Å²) in [6, 6.07) is 5.02. The Bertz CT molecular complexity index is 2620. The molecule has 61 heavy (non-hydrogen) atoms. The third-order valence-corrected chi connectivity index (χ3v) is 13.6. The van der Waals surface area contributed by atoms with Gasteiger partial charge in [-0.2, -0.15) is 0 Å². The number of carboxylic acid groups (broad SMARTS) is 2. The van der Waals surface area contributed by atoms with Crippen LogP contribution in [0, 0.1) is 0 Å². The standard InChI is InChI=1S/C34H31N9O13S4.Na.H/c1-14-6-24(43-23(36-14)9-41(40-43)13-60(54,55)17-3-5-20(45)22(47)8-17)57-10-16-11-58-31-26(30(49)42(31)27(16)32(50)51)38-29(48)25(18-12-59-34(35)37-18)39-56-28(33(52)53)15-2-4-19(44)21(46)7-15;;/h2-9,12,26,28,31,40,44-47H,10-11,13H2,1H3,(H2,35,37)(H,38,48)(H,50,51)(H,52,53);;/t26-,28+,31-;;/m1../s1. The number of carbonyl (C=O) groups is 4. The van der Waals surface area contributed by atoms with E-state index in [1.54, 1.807) is 13.0 Å². The first kappa shape index (κ1) is 45.1.